The van der Waals surface area contributed by atoms with Gasteiger partial charge in [0.2, 0.25) is 17.8 Å². The minimum Gasteiger partial charge on any atom is -0.478 e. The van der Waals surface area contributed by atoms with Crippen LogP contribution in [0, 0.1) is 0 Å². The van der Waals surface area contributed by atoms with Gasteiger partial charge in [0.1, 0.15) is 11.1 Å². The first-order valence-electron chi connectivity index (χ1n) is 18.9. The molecule has 0 aliphatic carbocycles. The molecular formula is C39H41ClN10O7. The quantitative estimate of drug-likeness (QED) is 0.209. The summed E-state index contributed by atoms with van der Waals surface area (Å²) in [5, 5.41) is 9.07. The van der Waals surface area contributed by atoms with Gasteiger partial charge in [-0.25, -0.2) is 4.98 Å². The molecule has 0 bridgehead atoms. The summed E-state index contributed by atoms with van der Waals surface area (Å²) in [4.78, 5) is 92.9. The van der Waals surface area contributed by atoms with Crippen LogP contribution in [0.3, 0.4) is 0 Å². The Kier molecular flexibility index (Phi) is 10.3. The van der Waals surface area contributed by atoms with E-state index in [1.165, 1.54) is 11.6 Å². The fourth-order valence-electron chi connectivity index (χ4n) is 8.10. The first-order valence-corrected chi connectivity index (χ1v) is 19.2. The molecule has 1 atom stereocenters. The van der Waals surface area contributed by atoms with E-state index in [1.54, 1.807) is 31.4 Å². The third-order valence-corrected chi connectivity index (χ3v) is 11.5. The number of nitrogens with one attached hydrogen (secondary N) is 3. The molecule has 4 aliphatic rings. The molecule has 3 saturated heterocycles. The van der Waals surface area contributed by atoms with Crippen LogP contribution in [0.5, 0.6) is 5.75 Å². The molecule has 0 saturated carbocycles. The maximum Gasteiger partial charge on any atom is 0.293 e. The number of likely N-dealkylation sites (N-methyl/N-ethyl adjacent to an activating group) is 1. The van der Waals surface area contributed by atoms with Crippen molar-refractivity contribution >= 4 is 75.2 Å². The number of hydrogen-bond acceptors (Lipinski definition) is 13. The number of pyridine rings is 1. The van der Waals surface area contributed by atoms with Crippen LogP contribution in [0.4, 0.5) is 23.1 Å². The highest BCUT2D eigenvalue weighted by atomic mass is 35.5. The van der Waals surface area contributed by atoms with Gasteiger partial charge in [-0.05, 0) is 55.7 Å². The molecule has 2 aromatic heterocycles. The van der Waals surface area contributed by atoms with Gasteiger partial charge in [-0.15, -0.1) is 0 Å². The molecule has 8 rings (SSSR count). The number of carbonyl (C=O) groups excluding carboxylic acids is 5. The van der Waals surface area contributed by atoms with Crippen molar-refractivity contribution in [1.82, 2.24) is 35.0 Å². The van der Waals surface area contributed by atoms with E-state index in [4.69, 9.17) is 21.3 Å². The highest BCUT2D eigenvalue weighted by Crippen LogP contribution is 2.36. The first-order chi connectivity index (χ1) is 27.5. The summed E-state index contributed by atoms with van der Waals surface area (Å²) in [6.07, 6.45) is 3.50. The Bertz CT molecular complexity index is 2370. The van der Waals surface area contributed by atoms with E-state index in [1.807, 2.05) is 24.3 Å². The van der Waals surface area contributed by atoms with Gasteiger partial charge in [-0.2, -0.15) is 4.98 Å². The largest absolute Gasteiger partial charge is 0.478 e. The molecule has 6 heterocycles. The van der Waals surface area contributed by atoms with Gasteiger partial charge >= 0.3 is 0 Å². The zero-order valence-corrected chi connectivity index (χ0v) is 32.2. The van der Waals surface area contributed by atoms with Gasteiger partial charge in [-0.1, -0.05) is 17.7 Å². The fraction of sp³-hybridized carbons (Fsp3) is 0.385. The van der Waals surface area contributed by atoms with E-state index < -0.39 is 29.7 Å². The number of benzene rings is 2. The Morgan fingerprint density at radius 2 is 1.72 bits per heavy atom. The van der Waals surface area contributed by atoms with E-state index >= 15 is 0 Å². The van der Waals surface area contributed by atoms with Crippen LogP contribution in [-0.2, 0) is 21.4 Å². The van der Waals surface area contributed by atoms with Crippen molar-refractivity contribution in [1.29, 1.82) is 0 Å². The second-order valence-electron chi connectivity index (χ2n) is 14.5. The molecule has 4 aromatic rings. The average molecular weight is 797 g/mol. The second kappa shape index (κ2) is 15.5. The molecule has 296 valence electrons. The van der Waals surface area contributed by atoms with Crippen LogP contribution in [-0.4, -0.2) is 119 Å². The summed E-state index contributed by atoms with van der Waals surface area (Å²) in [6.45, 7) is 4.16. The molecule has 4 aliphatic heterocycles. The second-order valence-corrected chi connectivity index (χ2v) is 14.9. The maximum atomic E-state index is 13.7. The number of amides is 5. The van der Waals surface area contributed by atoms with E-state index in [-0.39, 0.29) is 42.2 Å². The normalized spacial score (nSPS) is 19.2. The van der Waals surface area contributed by atoms with Gasteiger partial charge < -0.3 is 29.7 Å². The molecule has 0 radical (unpaired) electrons. The molecule has 57 heavy (non-hydrogen) atoms. The monoisotopic (exact) mass is 796 g/mol. The number of piperazine rings is 1. The van der Waals surface area contributed by atoms with Crippen molar-refractivity contribution in [2.45, 2.75) is 37.8 Å². The molecule has 3 N–H and O–H groups in total. The van der Waals surface area contributed by atoms with Crippen LogP contribution in [0.15, 0.2) is 53.5 Å². The Hall–Kier alpha value is -6.07. The number of hydrogen-bond donors (Lipinski definition) is 3. The molecule has 18 heteroatoms. The number of anilines is 4. The van der Waals surface area contributed by atoms with E-state index in [9.17, 15) is 28.8 Å². The molecular weight excluding hydrogens is 756 g/mol. The summed E-state index contributed by atoms with van der Waals surface area (Å²) in [7, 11) is 3.14. The lowest BCUT2D eigenvalue weighted by atomic mass is 9.99. The Labute approximate surface area is 331 Å². The topological polar surface area (TPSA) is 191 Å². The van der Waals surface area contributed by atoms with E-state index in [0.29, 0.717) is 76.9 Å². The highest BCUT2D eigenvalue weighted by molar-refractivity contribution is 6.33. The number of imide groups is 2. The number of aromatic nitrogens is 3. The van der Waals surface area contributed by atoms with Crippen molar-refractivity contribution in [3.05, 3.63) is 75.2 Å². The standard InChI is InChI=1S/C39H41ClN10O7/c1-41-32(52)21-57-30-19-22-18-23(6-7-27(22)46(2)37(30)55)43-34-26(40)20-42-39(45-34)49-16-14-47(15-17-49)24-10-12-48(13-11-24)28-5-3-4-25-33(28)38(56)50(36(25)54)29-8-9-31(51)44-35(29)53/h3-7,18-20,24,29H,8-17,21H2,1-2H3,(H,41,52)(H,42,43,45)(H,44,51,53). The minimum atomic E-state index is -1.00. The summed E-state index contributed by atoms with van der Waals surface area (Å²) in [5.41, 5.74) is 2.32. The summed E-state index contributed by atoms with van der Waals surface area (Å²) < 4.78 is 6.97. The minimum absolute atomic E-state index is 0.0615. The molecule has 1 unspecified atom stereocenters. The highest BCUT2D eigenvalue weighted by Gasteiger charge is 2.46. The zero-order valence-electron chi connectivity index (χ0n) is 31.4. The molecule has 2 aromatic carbocycles. The number of fused-ring (bicyclic) bond motifs is 2. The molecule has 5 amide bonds. The van der Waals surface area contributed by atoms with Crippen molar-refractivity contribution in [3.63, 3.8) is 0 Å². The third kappa shape index (κ3) is 7.23. The Balaban J connectivity index is 0.887. The van der Waals surface area contributed by atoms with E-state index in [0.717, 1.165) is 30.8 Å². The van der Waals surface area contributed by atoms with Crippen molar-refractivity contribution in [3.8, 4) is 5.75 Å². The van der Waals surface area contributed by atoms with Gasteiger partial charge in [0, 0.05) is 76.9 Å². The van der Waals surface area contributed by atoms with Gasteiger partial charge in [-0.3, -0.25) is 43.9 Å². The molecule has 0 spiro atoms. The lowest BCUT2D eigenvalue weighted by Crippen LogP contribution is -2.54. The lowest BCUT2D eigenvalue weighted by molar-refractivity contribution is -0.136. The fourth-order valence-corrected chi connectivity index (χ4v) is 8.24. The van der Waals surface area contributed by atoms with Gasteiger partial charge in [0.15, 0.2) is 18.2 Å². The number of halogens is 1. The zero-order chi connectivity index (χ0) is 40.0. The van der Waals surface area contributed by atoms with E-state index in [2.05, 4.69) is 35.6 Å². The lowest BCUT2D eigenvalue weighted by Gasteiger charge is -2.43. The smallest absolute Gasteiger partial charge is 0.293 e. The number of rotatable bonds is 9. The molecule has 3 fully saturated rings. The van der Waals surface area contributed by atoms with Crippen LogP contribution in [0.25, 0.3) is 10.9 Å². The summed E-state index contributed by atoms with van der Waals surface area (Å²) >= 11 is 6.55. The SMILES string of the molecule is CNC(=O)COc1cc2cc(Nc3nc(N4CCN(C5CCN(c6cccc7c6C(=O)N(C6CCC(=O)NC6=O)C7=O)CC5)CC4)ncc3Cl)ccc2n(C)c1=O. The van der Waals surface area contributed by atoms with Crippen molar-refractivity contribution < 1.29 is 28.7 Å². The van der Waals surface area contributed by atoms with Gasteiger partial charge in [0.05, 0.1) is 28.5 Å². The Morgan fingerprint density at radius 1 is 0.947 bits per heavy atom. The predicted molar refractivity (Wildman–Crippen MR) is 211 cm³/mol. The number of nitrogens with zero attached hydrogens (tertiary/aromatic N) is 7. The van der Waals surface area contributed by atoms with Crippen molar-refractivity contribution in [2.75, 3.05) is 68.0 Å². The summed E-state index contributed by atoms with van der Waals surface area (Å²) in [5.74, 6) is -1.33. The average Bonchev–Trinajstić information content (AvgIpc) is 3.48. The maximum absolute atomic E-state index is 13.7. The number of aryl methyl sites for hydroxylation is 1. The van der Waals surface area contributed by atoms with Crippen molar-refractivity contribution in [2.24, 2.45) is 7.05 Å². The number of carbonyl (C=O) groups is 5. The van der Waals surface area contributed by atoms with Crippen LogP contribution >= 0.6 is 11.6 Å². The Morgan fingerprint density at radius 3 is 2.46 bits per heavy atom. The van der Waals surface area contributed by atoms with Crippen LogP contribution < -0.4 is 36.0 Å². The predicted octanol–water partition coefficient (Wildman–Crippen LogP) is 2.04. The molecule has 17 nitrogen and oxygen atoms in total. The third-order valence-electron chi connectivity index (χ3n) is 11.2. The van der Waals surface area contributed by atoms with Crippen LogP contribution in [0.2, 0.25) is 5.02 Å². The van der Waals surface area contributed by atoms with Crippen LogP contribution in [0.1, 0.15) is 46.4 Å². The number of ether oxygens (including phenoxy) is 1. The first kappa shape index (κ1) is 37.8. The number of piperidine rings is 2. The van der Waals surface area contributed by atoms with Gasteiger partial charge in [0.25, 0.3) is 23.3 Å². The summed E-state index contributed by atoms with van der Waals surface area (Å²) in [6, 6.07) is 11.7.